The fourth-order valence-electron chi connectivity index (χ4n) is 12.0. The van der Waals surface area contributed by atoms with Crippen molar-refractivity contribution in [1.29, 1.82) is 0 Å². The Morgan fingerprint density at radius 1 is 0.940 bits per heavy atom. The summed E-state index contributed by atoms with van der Waals surface area (Å²) in [5.74, 6) is -2.29. The van der Waals surface area contributed by atoms with E-state index in [-0.39, 0.29) is 66.1 Å². The Hall–Kier alpha value is -8.18. The van der Waals surface area contributed by atoms with Crippen LogP contribution in [0.5, 0.6) is 11.5 Å². The minimum absolute atomic E-state index is 0.0293. The molecular weight excluding hydrogens is 1100 g/mol. The van der Waals surface area contributed by atoms with Gasteiger partial charge < -0.3 is 35.5 Å². The molecular formula is C60H64ClN11O10S. The topological polar surface area (TPSA) is 276 Å². The van der Waals surface area contributed by atoms with E-state index in [9.17, 15) is 42.5 Å². The Bertz CT molecular complexity index is 3720. The maximum Gasteiger partial charge on any atom is 0.293 e. The summed E-state index contributed by atoms with van der Waals surface area (Å²) in [4.78, 5) is 92.3. The summed E-state index contributed by atoms with van der Waals surface area (Å²) in [6, 6.07) is 23.1. The van der Waals surface area contributed by atoms with E-state index < -0.39 is 55.3 Å². The number of hydrogen-bond acceptors (Lipinski definition) is 15. The molecule has 4 aromatic carbocycles. The number of aromatic amines is 1. The van der Waals surface area contributed by atoms with E-state index in [4.69, 9.17) is 22.1 Å². The molecule has 3 saturated heterocycles. The summed E-state index contributed by atoms with van der Waals surface area (Å²) < 4.78 is 36.5. The Labute approximate surface area is 484 Å². The maximum atomic E-state index is 14.2. The van der Waals surface area contributed by atoms with Gasteiger partial charge in [0.25, 0.3) is 27.5 Å². The molecule has 0 spiro atoms. The lowest BCUT2D eigenvalue weighted by Gasteiger charge is -2.39. The number of aromatic nitrogens is 2. The first kappa shape index (κ1) is 56.7. The number of carbonyl (C=O) groups is 5. The van der Waals surface area contributed by atoms with Gasteiger partial charge in [-0.2, -0.15) is 0 Å². The highest BCUT2D eigenvalue weighted by Crippen LogP contribution is 2.44. The van der Waals surface area contributed by atoms with Crippen molar-refractivity contribution in [3.63, 3.8) is 0 Å². The minimum Gasteiger partial charge on any atom is -0.455 e. The predicted molar refractivity (Wildman–Crippen MR) is 312 cm³/mol. The number of likely N-dealkylation sites (tertiary alicyclic amines) is 1. The summed E-state index contributed by atoms with van der Waals surface area (Å²) in [5, 5.41) is 19.4. The molecule has 6 N–H and O–H groups in total. The number of carbonyl (C=O) groups excluding carboxylic acids is 5. The molecule has 23 heteroatoms. The number of nitrogens with one attached hydrogen (secondary N) is 4. The number of allylic oxidation sites excluding steroid dienone is 1. The second-order valence-electron chi connectivity index (χ2n) is 22.8. The molecule has 83 heavy (non-hydrogen) atoms. The number of pyridine rings is 1. The zero-order chi connectivity index (χ0) is 58.3. The summed E-state index contributed by atoms with van der Waals surface area (Å²) in [6.07, 6.45) is 7.71. The number of piperazine rings is 1. The van der Waals surface area contributed by atoms with E-state index in [1.54, 1.807) is 47.5 Å². The number of nitrogens with two attached hydrogens (primary N) is 1. The number of anilines is 2. The lowest BCUT2D eigenvalue weighted by atomic mass is 9.72. The predicted octanol–water partition coefficient (Wildman–Crippen LogP) is 7.93. The third-order valence-corrected chi connectivity index (χ3v) is 18.4. The second kappa shape index (κ2) is 23.2. The SMILES string of the molecule is CC1(C)CCC(CN2CCN(c3ccc(C(=O)NS(=O)(=O)c4ccc(NCC5CCN(C(=O)C(N)c6cccc7c6CN(C6CCC(=O)NC6=O)C7=O)CC5)c([N+](=O)[O-])c4)c(Oc4cnc5[nH]ccc5c4)c3)CC2)=C(c2ccc(Cl)cc2)C1. The number of piperidine rings is 2. The molecule has 5 amide bonds. The van der Waals surface area contributed by atoms with Crippen LogP contribution in [0.1, 0.15) is 102 Å². The zero-order valence-corrected chi connectivity index (χ0v) is 47.6. The number of nitro groups is 1. The molecule has 21 nitrogen and oxygen atoms in total. The van der Waals surface area contributed by atoms with E-state index >= 15 is 0 Å². The van der Waals surface area contributed by atoms with Gasteiger partial charge in [0.05, 0.1) is 21.6 Å². The zero-order valence-electron chi connectivity index (χ0n) is 46.0. The van der Waals surface area contributed by atoms with Gasteiger partial charge in [-0.25, -0.2) is 18.1 Å². The number of nitro benzene ring substituents is 1. The number of sulfonamides is 1. The van der Waals surface area contributed by atoms with Crippen molar-refractivity contribution in [2.45, 2.75) is 82.3 Å². The van der Waals surface area contributed by atoms with Gasteiger partial charge in [0.2, 0.25) is 17.7 Å². The number of halogens is 1. The number of hydrogen-bond donors (Lipinski definition) is 5. The molecule has 3 fully saturated rings. The molecule has 0 saturated carbocycles. The highest BCUT2D eigenvalue weighted by atomic mass is 35.5. The summed E-state index contributed by atoms with van der Waals surface area (Å²) in [6.45, 7) is 9.45. The molecule has 6 heterocycles. The quantitative estimate of drug-likeness (QED) is 0.0350. The van der Waals surface area contributed by atoms with Gasteiger partial charge in [-0.05, 0) is 127 Å². The van der Waals surface area contributed by atoms with Gasteiger partial charge in [0.15, 0.2) is 0 Å². The van der Waals surface area contributed by atoms with Crippen molar-refractivity contribution in [2.24, 2.45) is 17.1 Å². The summed E-state index contributed by atoms with van der Waals surface area (Å²) >= 11 is 6.27. The number of nitrogens with zero attached hydrogens (tertiary/aromatic N) is 6. The molecule has 2 unspecified atom stereocenters. The number of imide groups is 1. The summed E-state index contributed by atoms with van der Waals surface area (Å²) in [5.41, 5.74) is 13.1. The van der Waals surface area contributed by atoms with Crippen LogP contribution in [-0.2, 0) is 31.0 Å². The van der Waals surface area contributed by atoms with Crippen LogP contribution in [0.4, 0.5) is 17.1 Å². The normalized spacial score (nSPS) is 19.2. The number of fused-ring (bicyclic) bond motifs is 2. The van der Waals surface area contributed by atoms with E-state index in [1.807, 2.05) is 18.2 Å². The largest absolute Gasteiger partial charge is 0.455 e. The summed E-state index contributed by atoms with van der Waals surface area (Å²) in [7, 11) is -4.69. The molecule has 432 valence electrons. The lowest BCUT2D eigenvalue weighted by Crippen LogP contribution is -2.52. The minimum atomic E-state index is -4.69. The molecule has 2 atom stereocenters. The van der Waals surface area contributed by atoms with Crippen molar-refractivity contribution in [3.05, 3.63) is 152 Å². The molecule has 4 aliphatic heterocycles. The second-order valence-corrected chi connectivity index (χ2v) is 25.0. The number of ether oxygens (including phenoxy) is 1. The van der Waals surface area contributed by atoms with Crippen molar-refractivity contribution in [1.82, 2.24) is 34.7 Å². The standard InChI is InChI=1S/C60H64ClN11O10S/c1-60(2)20-16-39(47(31-60)37-6-8-40(61)9-7-37)34-68-24-26-69(27-25-68)41-10-12-46(52(29-41)82-42-28-38-17-21-63-55(38)65-33-42)56(74)67-83(80,81)43-11-13-49(51(30-43)72(78)79)64-32-36-18-22-70(23-19-36)59(77)54(62)44-4-3-5-45-48(44)35-71(58(45)76)50-14-15-53(73)66-57(50)75/h3-13,17,21,28-30,33,36,50,54,64H,14-16,18-20,22-27,31-32,34-35,62H2,1-2H3,(H,63,65)(H,67,74)(H,66,73,75). The Morgan fingerprint density at radius 3 is 2.46 bits per heavy atom. The first-order valence-electron chi connectivity index (χ1n) is 27.9. The number of H-pyrrole nitrogens is 1. The van der Waals surface area contributed by atoms with Crippen LogP contribution in [0.25, 0.3) is 16.6 Å². The molecule has 11 rings (SSSR count). The van der Waals surface area contributed by atoms with Gasteiger partial charge in [-0.1, -0.05) is 55.3 Å². The highest BCUT2D eigenvalue weighted by molar-refractivity contribution is 7.90. The van der Waals surface area contributed by atoms with Crippen LogP contribution in [-0.4, -0.2) is 126 Å². The molecule has 0 radical (unpaired) electrons. The van der Waals surface area contributed by atoms with Gasteiger partial charge >= 0.3 is 0 Å². The number of rotatable bonds is 16. The van der Waals surface area contributed by atoms with Crippen molar-refractivity contribution < 1.29 is 42.1 Å². The third-order valence-electron chi connectivity index (χ3n) is 16.8. The molecule has 1 aliphatic carbocycles. The first-order valence-corrected chi connectivity index (χ1v) is 29.7. The van der Waals surface area contributed by atoms with E-state index in [1.165, 1.54) is 46.0 Å². The molecule has 5 aliphatic rings. The van der Waals surface area contributed by atoms with Crippen LogP contribution < -0.4 is 30.7 Å². The lowest BCUT2D eigenvalue weighted by molar-refractivity contribution is -0.384. The van der Waals surface area contributed by atoms with Gasteiger partial charge in [0.1, 0.15) is 34.9 Å². The third kappa shape index (κ3) is 12.2. The van der Waals surface area contributed by atoms with Gasteiger partial charge in [-0.3, -0.25) is 44.3 Å². The molecule has 2 aromatic heterocycles. The fourth-order valence-corrected chi connectivity index (χ4v) is 13.1. The van der Waals surface area contributed by atoms with Crippen molar-refractivity contribution >= 4 is 84.8 Å². The first-order chi connectivity index (χ1) is 39.8. The van der Waals surface area contributed by atoms with Gasteiger partial charge in [0, 0.05) is 105 Å². The van der Waals surface area contributed by atoms with E-state index in [2.05, 4.69) is 61.1 Å². The van der Waals surface area contributed by atoms with E-state index in [0.717, 1.165) is 56.0 Å². The smallest absolute Gasteiger partial charge is 0.293 e. The van der Waals surface area contributed by atoms with E-state index in [0.29, 0.717) is 72.1 Å². The Morgan fingerprint density at radius 2 is 1.71 bits per heavy atom. The van der Waals surface area contributed by atoms with Crippen LogP contribution in [0.2, 0.25) is 5.02 Å². The molecule has 6 aromatic rings. The fraction of sp³-hybridized carbons (Fsp3) is 0.367. The Balaban J connectivity index is 0.730. The van der Waals surface area contributed by atoms with Crippen LogP contribution in [0.15, 0.2) is 114 Å². The maximum absolute atomic E-state index is 14.2. The number of benzene rings is 4. The van der Waals surface area contributed by atoms with Crippen LogP contribution >= 0.6 is 11.6 Å². The number of amides is 5. The van der Waals surface area contributed by atoms with Crippen LogP contribution in [0.3, 0.4) is 0 Å². The van der Waals surface area contributed by atoms with Crippen molar-refractivity contribution in [2.75, 3.05) is 62.6 Å². The highest BCUT2D eigenvalue weighted by Gasteiger charge is 2.41. The average Bonchev–Trinajstić information content (AvgIpc) is 4.31. The average molecular weight is 1170 g/mol. The van der Waals surface area contributed by atoms with Crippen molar-refractivity contribution in [3.8, 4) is 11.5 Å². The Kier molecular flexibility index (Phi) is 15.9. The van der Waals surface area contributed by atoms with Gasteiger partial charge in [-0.15, -0.1) is 0 Å². The monoisotopic (exact) mass is 1170 g/mol. The molecule has 0 bridgehead atoms. The van der Waals surface area contributed by atoms with Crippen LogP contribution in [0, 0.1) is 21.4 Å².